The molecule has 0 radical (unpaired) electrons. The van der Waals surface area contributed by atoms with E-state index in [2.05, 4.69) is 4.72 Å². The Morgan fingerprint density at radius 3 is 2.46 bits per heavy atom. The summed E-state index contributed by atoms with van der Waals surface area (Å²) in [5.41, 5.74) is -0.688. The maximum absolute atomic E-state index is 12.4. The summed E-state index contributed by atoms with van der Waals surface area (Å²) in [5.74, 6) is 0. The van der Waals surface area contributed by atoms with Crippen molar-refractivity contribution in [3.63, 3.8) is 0 Å². The number of ether oxygens (including phenoxy) is 1. The summed E-state index contributed by atoms with van der Waals surface area (Å²) < 4.78 is 32.5. The van der Waals surface area contributed by atoms with E-state index >= 15 is 0 Å². The first kappa shape index (κ1) is 18.4. The van der Waals surface area contributed by atoms with Crippen LogP contribution in [0.5, 0.6) is 0 Å². The fraction of sp³-hybridized carbons (Fsp3) is 0.500. The van der Waals surface area contributed by atoms with Crippen LogP contribution < -0.4 is 4.72 Å². The second-order valence-corrected chi connectivity index (χ2v) is 8.42. The number of likely N-dealkylation sites (tertiary alicyclic amines) is 1. The first-order valence-corrected chi connectivity index (χ1v) is 9.13. The van der Waals surface area contributed by atoms with Crippen molar-refractivity contribution in [3.05, 3.63) is 30.3 Å². The number of benzene rings is 1. The zero-order valence-corrected chi connectivity index (χ0v) is 14.7. The summed E-state index contributed by atoms with van der Waals surface area (Å²) in [7, 11) is -3.70. The lowest BCUT2D eigenvalue weighted by atomic mass is 10.2. The quantitative estimate of drug-likeness (QED) is 0.828. The third-order valence-corrected chi connectivity index (χ3v) is 5.04. The Morgan fingerprint density at radius 2 is 1.92 bits per heavy atom. The molecule has 2 rings (SSSR count). The molecule has 1 aromatic carbocycles. The molecule has 8 heteroatoms. The SMILES string of the molecule is CC(C)(C)OC(=O)N1C[C@@H](NS(=O)(=O)c2ccccc2)C[C@H]1C=O. The number of rotatable bonds is 4. The number of nitrogens with zero attached hydrogens (tertiary/aromatic N) is 1. The van der Waals surface area contributed by atoms with Gasteiger partial charge in [0.25, 0.3) is 0 Å². The Labute approximate surface area is 142 Å². The fourth-order valence-corrected chi connectivity index (χ4v) is 3.76. The van der Waals surface area contributed by atoms with Crippen molar-refractivity contribution in [1.29, 1.82) is 0 Å². The topological polar surface area (TPSA) is 92.8 Å². The molecule has 0 unspecified atom stereocenters. The van der Waals surface area contributed by atoms with E-state index in [0.717, 1.165) is 0 Å². The predicted octanol–water partition coefficient (Wildman–Crippen LogP) is 1.54. The lowest BCUT2D eigenvalue weighted by molar-refractivity contribution is -0.111. The minimum atomic E-state index is -3.70. The van der Waals surface area contributed by atoms with E-state index in [-0.39, 0.29) is 17.9 Å². The number of nitrogens with one attached hydrogen (secondary N) is 1. The lowest BCUT2D eigenvalue weighted by Crippen LogP contribution is -2.42. The first-order valence-electron chi connectivity index (χ1n) is 7.65. The van der Waals surface area contributed by atoms with Crippen LogP contribution in [0.4, 0.5) is 4.79 Å². The molecule has 1 amide bonds. The van der Waals surface area contributed by atoms with Crippen LogP contribution >= 0.6 is 0 Å². The molecule has 7 nitrogen and oxygen atoms in total. The standard InChI is InChI=1S/C16H22N2O5S/c1-16(2,3)23-15(20)18-10-12(9-13(18)11-19)17-24(21,22)14-7-5-4-6-8-14/h4-8,11-13,17H,9-10H2,1-3H3/t12-,13-/m0/s1. The molecule has 0 saturated carbocycles. The number of hydrogen-bond acceptors (Lipinski definition) is 5. The van der Waals surface area contributed by atoms with E-state index in [4.69, 9.17) is 4.74 Å². The van der Waals surface area contributed by atoms with Crippen LogP contribution in [-0.2, 0) is 19.6 Å². The van der Waals surface area contributed by atoms with Gasteiger partial charge in [0.2, 0.25) is 10.0 Å². The zero-order chi connectivity index (χ0) is 18.0. The highest BCUT2D eigenvalue weighted by molar-refractivity contribution is 7.89. The fourth-order valence-electron chi connectivity index (χ4n) is 2.50. The Morgan fingerprint density at radius 1 is 1.29 bits per heavy atom. The van der Waals surface area contributed by atoms with E-state index in [1.165, 1.54) is 17.0 Å². The third kappa shape index (κ3) is 4.55. The molecular weight excluding hydrogens is 332 g/mol. The van der Waals surface area contributed by atoms with Crippen molar-refractivity contribution in [2.24, 2.45) is 0 Å². The van der Waals surface area contributed by atoms with Crippen molar-refractivity contribution in [1.82, 2.24) is 9.62 Å². The third-order valence-electron chi connectivity index (χ3n) is 3.50. The van der Waals surface area contributed by atoms with Crippen LogP contribution in [-0.4, -0.2) is 49.9 Å². The average molecular weight is 354 g/mol. The molecule has 1 aliphatic heterocycles. The number of hydrogen-bond donors (Lipinski definition) is 1. The summed E-state index contributed by atoms with van der Waals surface area (Å²) in [5, 5.41) is 0. The molecule has 132 valence electrons. The van der Waals surface area contributed by atoms with Crippen molar-refractivity contribution < 1.29 is 22.7 Å². The highest BCUT2D eigenvalue weighted by Gasteiger charge is 2.39. The molecule has 0 spiro atoms. The predicted molar refractivity (Wildman–Crippen MR) is 88.0 cm³/mol. The zero-order valence-electron chi connectivity index (χ0n) is 13.9. The molecule has 1 fully saturated rings. The number of sulfonamides is 1. The number of carbonyl (C=O) groups excluding carboxylic acids is 2. The summed E-state index contributed by atoms with van der Waals surface area (Å²) in [4.78, 5) is 24.8. The van der Waals surface area contributed by atoms with Crippen LogP contribution in [0.2, 0.25) is 0 Å². The van der Waals surface area contributed by atoms with Crippen molar-refractivity contribution in [2.75, 3.05) is 6.54 Å². The van der Waals surface area contributed by atoms with Gasteiger partial charge in [-0.2, -0.15) is 0 Å². The van der Waals surface area contributed by atoms with Crippen LogP contribution in [0.1, 0.15) is 27.2 Å². The Balaban J connectivity index is 2.09. The summed E-state index contributed by atoms with van der Waals surface area (Å²) in [6.45, 7) is 5.27. The molecule has 0 aromatic heterocycles. The summed E-state index contributed by atoms with van der Waals surface area (Å²) >= 11 is 0. The number of amides is 1. The van der Waals surface area contributed by atoms with Gasteiger partial charge in [-0.05, 0) is 39.3 Å². The molecule has 0 bridgehead atoms. The Kier molecular flexibility index (Phi) is 5.29. The summed E-state index contributed by atoms with van der Waals surface area (Å²) in [6.07, 6.45) is 0.233. The van der Waals surface area contributed by atoms with Gasteiger partial charge >= 0.3 is 6.09 Å². The van der Waals surface area contributed by atoms with Gasteiger partial charge in [0.1, 0.15) is 11.9 Å². The maximum Gasteiger partial charge on any atom is 0.410 e. The highest BCUT2D eigenvalue weighted by atomic mass is 32.2. The second-order valence-electron chi connectivity index (χ2n) is 6.70. The van der Waals surface area contributed by atoms with Crippen molar-refractivity contribution >= 4 is 22.4 Å². The molecular formula is C16H22N2O5S. The van der Waals surface area contributed by atoms with Crippen molar-refractivity contribution in [3.8, 4) is 0 Å². The first-order chi connectivity index (χ1) is 11.1. The van der Waals surface area contributed by atoms with E-state index in [1.807, 2.05) is 0 Å². The molecule has 0 aliphatic carbocycles. The molecule has 1 saturated heterocycles. The Hall–Kier alpha value is -1.93. The van der Waals surface area contributed by atoms with Crippen LogP contribution in [0, 0.1) is 0 Å². The van der Waals surface area contributed by atoms with Gasteiger partial charge in [0.15, 0.2) is 0 Å². The largest absolute Gasteiger partial charge is 0.444 e. The van der Waals surface area contributed by atoms with Gasteiger partial charge in [-0.15, -0.1) is 0 Å². The van der Waals surface area contributed by atoms with Crippen LogP contribution in [0.3, 0.4) is 0 Å². The Bertz CT molecular complexity index is 697. The number of carbonyl (C=O) groups is 2. The van der Waals surface area contributed by atoms with E-state index in [9.17, 15) is 18.0 Å². The normalized spacial score (nSPS) is 21.5. The van der Waals surface area contributed by atoms with Gasteiger partial charge in [0, 0.05) is 12.6 Å². The monoisotopic (exact) mass is 354 g/mol. The molecule has 1 N–H and O–H groups in total. The lowest BCUT2D eigenvalue weighted by Gasteiger charge is -2.26. The van der Waals surface area contributed by atoms with Gasteiger partial charge in [-0.3, -0.25) is 4.90 Å². The number of aldehydes is 1. The smallest absolute Gasteiger partial charge is 0.410 e. The van der Waals surface area contributed by atoms with Crippen molar-refractivity contribution in [2.45, 2.75) is 49.8 Å². The van der Waals surface area contributed by atoms with Crippen LogP contribution in [0.25, 0.3) is 0 Å². The second kappa shape index (κ2) is 6.90. The maximum atomic E-state index is 12.4. The molecule has 24 heavy (non-hydrogen) atoms. The minimum absolute atomic E-state index is 0.0877. The molecule has 1 aliphatic rings. The average Bonchev–Trinajstić information content (AvgIpc) is 2.89. The van der Waals surface area contributed by atoms with Gasteiger partial charge in [-0.25, -0.2) is 17.9 Å². The van der Waals surface area contributed by atoms with E-state index < -0.39 is 33.8 Å². The molecule has 1 heterocycles. The minimum Gasteiger partial charge on any atom is -0.444 e. The highest BCUT2D eigenvalue weighted by Crippen LogP contribution is 2.21. The van der Waals surface area contributed by atoms with E-state index in [1.54, 1.807) is 39.0 Å². The molecule has 1 aromatic rings. The van der Waals surface area contributed by atoms with Crippen LogP contribution in [0.15, 0.2) is 35.2 Å². The van der Waals surface area contributed by atoms with Gasteiger partial charge < -0.3 is 9.53 Å². The van der Waals surface area contributed by atoms with Gasteiger partial charge in [0.05, 0.1) is 10.9 Å². The molecule has 2 atom stereocenters. The van der Waals surface area contributed by atoms with Gasteiger partial charge in [-0.1, -0.05) is 18.2 Å². The summed E-state index contributed by atoms with van der Waals surface area (Å²) in [6, 6.07) is 6.71. The van der Waals surface area contributed by atoms with E-state index in [0.29, 0.717) is 6.29 Å².